The van der Waals surface area contributed by atoms with Gasteiger partial charge in [-0.25, -0.2) is 19.3 Å². The normalized spacial score (nSPS) is 11.6. The Balaban J connectivity index is 1.70. The average Bonchev–Trinajstić information content (AvgIpc) is 3.28. The van der Waals surface area contributed by atoms with Crippen LogP contribution in [0, 0.1) is 20.8 Å². The first kappa shape index (κ1) is 17.6. The van der Waals surface area contributed by atoms with Gasteiger partial charge in [-0.1, -0.05) is 0 Å². The summed E-state index contributed by atoms with van der Waals surface area (Å²) in [6, 6.07) is 2.05. The highest BCUT2D eigenvalue weighted by Gasteiger charge is 2.21. The van der Waals surface area contributed by atoms with Crippen molar-refractivity contribution in [2.45, 2.75) is 40.7 Å². The highest BCUT2D eigenvalue weighted by Crippen LogP contribution is 2.32. The molecule has 9 heteroatoms. The van der Waals surface area contributed by atoms with Gasteiger partial charge in [-0.05, 0) is 39.3 Å². The van der Waals surface area contributed by atoms with E-state index in [-0.39, 0.29) is 5.97 Å². The van der Waals surface area contributed by atoms with Gasteiger partial charge in [-0.3, -0.25) is 4.68 Å². The fourth-order valence-corrected chi connectivity index (χ4v) is 4.22. The van der Waals surface area contributed by atoms with E-state index >= 15 is 0 Å². The molecule has 0 aliphatic heterocycles. The van der Waals surface area contributed by atoms with Gasteiger partial charge in [0.25, 0.3) is 0 Å². The molecule has 0 atom stereocenters. The standard InChI is InChI=1S/C18H20N6O2S/c1-5-26-18(25)15-12(4)14-16-20-13(22-24(16)9-19-17(14)27-15)6-7-23-11(3)8-10(2)21-23/h8-9H,5-7H2,1-4H3. The number of esters is 1. The summed E-state index contributed by atoms with van der Waals surface area (Å²) in [4.78, 5) is 22.6. The van der Waals surface area contributed by atoms with Gasteiger partial charge < -0.3 is 4.74 Å². The molecule has 27 heavy (non-hydrogen) atoms. The van der Waals surface area contributed by atoms with E-state index in [4.69, 9.17) is 9.72 Å². The molecule has 0 radical (unpaired) electrons. The van der Waals surface area contributed by atoms with Crippen LogP contribution in [0.3, 0.4) is 0 Å². The lowest BCUT2D eigenvalue weighted by Crippen LogP contribution is -2.06. The third kappa shape index (κ3) is 3.08. The van der Waals surface area contributed by atoms with Crippen LogP contribution in [-0.2, 0) is 17.7 Å². The summed E-state index contributed by atoms with van der Waals surface area (Å²) in [5, 5.41) is 9.87. The van der Waals surface area contributed by atoms with Crippen molar-refractivity contribution >= 4 is 33.2 Å². The number of rotatable bonds is 5. The third-order valence-electron chi connectivity index (χ3n) is 4.42. The highest BCUT2D eigenvalue weighted by atomic mass is 32.1. The molecule has 0 saturated carbocycles. The molecule has 0 fully saturated rings. The van der Waals surface area contributed by atoms with Crippen LogP contribution in [0.15, 0.2) is 12.4 Å². The number of carbonyl (C=O) groups is 1. The fourth-order valence-electron chi connectivity index (χ4n) is 3.18. The summed E-state index contributed by atoms with van der Waals surface area (Å²) < 4.78 is 8.78. The van der Waals surface area contributed by atoms with Crippen molar-refractivity contribution in [1.29, 1.82) is 0 Å². The molecule has 4 aromatic rings. The number of aromatic nitrogens is 6. The van der Waals surface area contributed by atoms with Crippen molar-refractivity contribution in [2.24, 2.45) is 0 Å². The molecule has 0 aromatic carbocycles. The van der Waals surface area contributed by atoms with Crippen molar-refractivity contribution in [3.05, 3.63) is 40.0 Å². The molecule has 4 rings (SSSR count). The van der Waals surface area contributed by atoms with Gasteiger partial charge in [-0.15, -0.1) is 16.4 Å². The monoisotopic (exact) mass is 384 g/mol. The second-order valence-corrected chi connectivity index (χ2v) is 7.40. The Morgan fingerprint density at radius 3 is 2.78 bits per heavy atom. The lowest BCUT2D eigenvalue weighted by atomic mass is 10.2. The molecule has 0 amide bonds. The molecule has 4 heterocycles. The first-order valence-electron chi connectivity index (χ1n) is 8.79. The Hall–Kier alpha value is -2.81. The van der Waals surface area contributed by atoms with E-state index in [2.05, 4.69) is 21.2 Å². The van der Waals surface area contributed by atoms with Gasteiger partial charge in [-0.2, -0.15) is 5.10 Å². The molecule has 8 nitrogen and oxygen atoms in total. The molecule has 0 spiro atoms. The zero-order valence-corrected chi connectivity index (χ0v) is 16.5. The second kappa shape index (κ2) is 6.73. The average molecular weight is 384 g/mol. The molecular weight excluding hydrogens is 364 g/mol. The predicted molar refractivity (Wildman–Crippen MR) is 102 cm³/mol. The maximum Gasteiger partial charge on any atom is 0.348 e. The maximum atomic E-state index is 12.2. The summed E-state index contributed by atoms with van der Waals surface area (Å²) >= 11 is 1.33. The van der Waals surface area contributed by atoms with Crippen LogP contribution in [0.1, 0.15) is 39.4 Å². The number of ether oxygens (including phenoxy) is 1. The minimum absolute atomic E-state index is 0.319. The Bertz CT molecular complexity index is 1160. The number of carbonyl (C=O) groups excluding carboxylic acids is 1. The summed E-state index contributed by atoms with van der Waals surface area (Å²) in [6.45, 7) is 8.77. The number of thiophene rings is 1. The van der Waals surface area contributed by atoms with E-state index in [0.29, 0.717) is 30.1 Å². The Labute approximate surface area is 159 Å². The van der Waals surface area contributed by atoms with Crippen molar-refractivity contribution in [3.8, 4) is 0 Å². The van der Waals surface area contributed by atoms with E-state index in [1.807, 2.05) is 25.5 Å². The first-order valence-corrected chi connectivity index (χ1v) is 9.61. The van der Waals surface area contributed by atoms with Gasteiger partial charge in [0, 0.05) is 18.7 Å². The Kier molecular flexibility index (Phi) is 4.39. The zero-order valence-electron chi connectivity index (χ0n) is 15.7. The van der Waals surface area contributed by atoms with Gasteiger partial charge in [0.05, 0.1) is 17.7 Å². The summed E-state index contributed by atoms with van der Waals surface area (Å²) in [5.74, 6) is 0.403. The predicted octanol–water partition coefficient (Wildman–Crippen LogP) is 2.88. The van der Waals surface area contributed by atoms with Crippen LogP contribution < -0.4 is 0 Å². The molecule has 4 aromatic heterocycles. The molecule has 0 N–H and O–H groups in total. The van der Waals surface area contributed by atoms with Crippen molar-refractivity contribution in [1.82, 2.24) is 29.4 Å². The van der Waals surface area contributed by atoms with Crippen molar-refractivity contribution in [2.75, 3.05) is 6.61 Å². The molecule has 0 aliphatic rings. The highest BCUT2D eigenvalue weighted by molar-refractivity contribution is 7.20. The number of hydrogen-bond acceptors (Lipinski definition) is 7. The van der Waals surface area contributed by atoms with Gasteiger partial charge >= 0.3 is 5.97 Å². The first-order chi connectivity index (χ1) is 13.0. The second-order valence-electron chi connectivity index (χ2n) is 6.40. The lowest BCUT2D eigenvalue weighted by molar-refractivity contribution is 0.0531. The van der Waals surface area contributed by atoms with Crippen LogP contribution in [0.4, 0.5) is 0 Å². The fraction of sp³-hybridized carbons (Fsp3) is 0.389. The zero-order chi connectivity index (χ0) is 19.1. The molecular formula is C18H20N6O2S. The summed E-state index contributed by atoms with van der Waals surface area (Å²) in [6.07, 6.45) is 2.31. The Morgan fingerprint density at radius 2 is 2.07 bits per heavy atom. The molecule has 0 bridgehead atoms. The van der Waals surface area contributed by atoms with Crippen molar-refractivity contribution in [3.63, 3.8) is 0 Å². The van der Waals surface area contributed by atoms with E-state index < -0.39 is 0 Å². The van der Waals surface area contributed by atoms with Crippen LogP contribution >= 0.6 is 11.3 Å². The van der Waals surface area contributed by atoms with E-state index in [0.717, 1.165) is 33.0 Å². The van der Waals surface area contributed by atoms with Crippen molar-refractivity contribution < 1.29 is 9.53 Å². The number of nitrogens with zero attached hydrogens (tertiary/aromatic N) is 6. The quantitative estimate of drug-likeness (QED) is 0.492. The minimum atomic E-state index is -0.319. The van der Waals surface area contributed by atoms with Gasteiger partial charge in [0.2, 0.25) is 0 Å². The largest absolute Gasteiger partial charge is 0.462 e. The molecule has 140 valence electrons. The number of aryl methyl sites for hydroxylation is 5. The lowest BCUT2D eigenvalue weighted by Gasteiger charge is -2.01. The van der Waals surface area contributed by atoms with E-state index in [9.17, 15) is 4.79 Å². The van der Waals surface area contributed by atoms with Crippen LogP contribution in [0.5, 0.6) is 0 Å². The summed E-state index contributed by atoms with van der Waals surface area (Å²) in [7, 11) is 0. The molecule has 0 unspecified atom stereocenters. The SMILES string of the molecule is CCOC(=O)c1sc2ncn3nc(CCn4nc(C)cc4C)nc3c2c1C. The van der Waals surface area contributed by atoms with Crippen LogP contribution in [0.25, 0.3) is 15.9 Å². The Morgan fingerprint density at radius 1 is 1.26 bits per heavy atom. The van der Waals surface area contributed by atoms with E-state index in [1.165, 1.54) is 11.3 Å². The number of fused-ring (bicyclic) bond motifs is 3. The molecule has 0 saturated heterocycles. The maximum absolute atomic E-state index is 12.2. The van der Waals surface area contributed by atoms with Gasteiger partial charge in [0.1, 0.15) is 16.0 Å². The third-order valence-corrected chi connectivity index (χ3v) is 5.60. The topological polar surface area (TPSA) is 87.2 Å². The van der Waals surface area contributed by atoms with Crippen LogP contribution in [-0.4, -0.2) is 41.9 Å². The molecule has 0 aliphatic carbocycles. The smallest absolute Gasteiger partial charge is 0.348 e. The summed E-state index contributed by atoms with van der Waals surface area (Å²) in [5.41, 5.74) is 3.67. The van der Waals surface area contributed by atoms with E-state index in [1.54, 1.807) is 17.8 Å². The minimum Gasteiger partial charge on any atom is -0.462 e. The number of hydrogen-bond donors (Lipinski definition) is 0. The van der Waals surface area contributed by atoms with Gasteiger partial charge in [0.15, 0.2) is 11.5 Å². The van der Waals surface area contributed by atoms with Crippen LogP contribution in [0.2, 0.25) is 0 Å².